The van der Waals surface area contributed by atoms with E-state index >= 15 is 0 Å². The third kappa shape index (κ3) is 3.63. The van der Waals surface area contributed by atoms with Crippen LogP contribution in [0.25, 0.3) is 0 Å². The molecule has 0 amide bonds. The summed E-state index contributed by atoms with van der Waals surface area (Å²) in [5.74, 6) is 0.276. The standard InChI is InChI=1S/C26H22ClFN2O2/c1-32-17-7-4-6-15(12-17)16-13-22-25(23(31)14-16)26(24-18(27)8-5-9-19(24)28)30-21-11-3-2-10-20(21)29-22/h2-12,16,26,29-30H,13-14H2,1H3. The average Bonchev–Trinajstić information content (AvgIpc) is 2.96. The Morgan fingerprint density at radius 1 is 1.00 bits per heavy atom. The molecular weight excluding hydrogens is 427 g/mol. The van der Waals surface area contributed by atoms with Crippen molar-refractivity contribution in [1.29, 1.82) is 0 Å². The van der Waals surface area contributed by atoms with E-state index in [9.17, 15) is 9.18 Å². The van der Waals surface area contributed by atoms with Crippen LogP contribution >= 0.6 is 11.6 Å². The fourth-order valence-corrected chi connectivity index (χ4v) is 4.90. The highest BCUT2D eigenvalue weighted by atomic mass is 35.5. The number of ketones is 1. The lowest BCUT2D eigenvalue weighted by Crippen LogP contribution is -2.27. The van der Waals surface area contributed by atoms with E-state index < -0.39 is 11.9 Å². The monoisotopic (exact) mass is 448 g/mol. The molecule has 3 aromatic carbocycles. The van der Waals surface area contributed by atoms with Gasteiger partial charge in [-0.3, -0.25) is 4.79 Å². The maximum Gasteiger partial charge on any atom is 0.163 e. The van der Waals surface area contributed by atoms with Crippen LogP contribution in [0.3, 0.4) is 0 Å². The molecule has 0 radical (unpaired) electrons. The molecule has 5 rings (SSSR count). The lowest BCUT2D eigenvalue weighted by atomic mass is 9.78. The van der Waals surface area contributed by atoms with Crippen molar-refractivity contribution in [2.75, 3.05) is 17.7 Å². The maximum atomic E-state index is 15.0. The minimum atomic E-state index is -0.686. The molecule has 0 saturated carbocycles. The van der Waals surface area contributed by atoms with Crippen molar-refractivity contribution in [3.63, 3.8) is 0 Å². The Hall–Kier alpha value is -3.31. The number of carbonyl (C=O) groups excluding carboxylic acids is 1. The number of anilines is 2. The minimum absolute atomic E-state index is 0.00847. The molecule has 2 atom stereocenters. The van der Waals surface area contributed by atoms with Crippen molar-refractivity contribution >= 4 is 28.8 Å². The molecular formula is C26H22ClFN2O2. The highest BCUT2D eigenvalue weighted by molar-refractivity contribution is 6.31. The second-order valence-electron chi connectivity index (χ2n) is 8.08. The van der Waals surface area contributed by atoms with Crippen LogP contribution < -0.4 is 15.4 Å². The molecule has 162 valence electrons. The third-order valence-corrected chi connectivity index (χ3v) is 6.49. The van der Waals surface area contributed by atoms with Crippen molar-refractivity contribution in [2.45, 2.75) is 24.8 Å². The summed E-state index contributed by atoms with van der Waals surface area (Å²) in [6.45, 7) is 0. The second-order valence-corrected chi connectivity index (χ2v) is 8.49. The SMILES string of the molecule is COc1cccc(C2CC(=O)C3=C(C2)Nc2ccccc2NC3c2c(F)cccc2Cl)c1. The second kappa shape index (κ2) is 8.32. The molecule has 2 unspecified atom stereocenters. The number of hydrogen-bond donors (Lipinski definition) is 2. The number of nitrogens with one attached hydrogen (secondary N) is 2. The number of halogens is 2. The summed E-state index contributed by atoms with van der Waals surface area (Å²) in [5, 5.41) is 7.12. The first kappa shape index (κ1) is 20.6. The summed E-state index contributed by atoms with van der Waals surface area (Å²) >= 11 is 6.43. The van der Waals surface area contributed by atoms with Crippen LogP contribution in [0.15, 0.2) is 78.0 Å². The number of allylic oxidation sites excluding steroid dienone is 1. The van der Waals surface area contributed by atoms with Crippen LogP contribution in [-0.2, 0) is 4.79 Å². The van der Waals surface area contributed by atoms with Crippen molar-refractivity contribution in [3.05, 3.63) is 100.0 Å². The zero-order valence-corrected chi connectivity index (χ0v) is 18.2. The Morgan fingerprint density at radius 3 is 2.56 bits per heavy atom. The van der Waals surface area contributed by atoms with E-state index in [1.54, 1.807) is 19.2 Å². The van der Waals surface area contributed by atoms with Gasteiger partial charge in [-0.05, 0) is 54.3 Å². The first-order valence-electron chi connectivity index (χ1n) is 10.5. The average molecular weight is 449 g/mol. The van der Waals surface area contributed by atoms with Gasteiger partial charge in [-0.25, -0.2) is 4.39 Å². The topological polar surface area (TPSA) is 50.4 Å². The Bertz CT molecular complexity index is 1220. The van der Waals surface area contributed by atoms with Gasteiger partial charge in [0.05, 0.1) is 24.5 Å². The van der Waals surface area contributed by atoms with E-state index in [2.05, 4.69) is 10.6 Å². The zero-order valence-electron chi connectivity index (χ0n) is 17.5. The number of methoxy groups -OCH3 is 1. The van der Waals surface area contributed by atoms with E-state index in [0.717, 1.165) is 28.4 Å². The van der Waals surface area contributed by atoms with Crippen molar-refractivity contribution < 1.29 is 13.9 Å². The van der Waals surface area contributed by atoms with Crippen molar-refractivity contribution in [1.82, 2.24) is 0 Å². The molecule has 6 heteroatoms. The molecule has 4 nitrogen and oxygen atoms in total. The fraction of sp³-hybridized carbons (Fsp3) is 0.192. The van der Waals surface area contributed by atoms with E-state index in [1.807, 2.05) is 48.5 Å². The Labute approximate surface area is 191 Å². The number of ether oxygens (including phenoxy) is 1. The quantitative estimate of drug-likeness (QED) is 0.482. The van der Waals surface area contributed by atoms with Gasteiger partial charge in [-0.2, -0.15) is 0 Å². The van der Waals surface area contributed by atoms with Gasteiger partial charge in [0.2, 0.25) is 0 Å². The van der Waals surface area contributed by atoms with Crippen LogP contribution in [-0.4, -0.2) is 12.9 Å². The van der Waals surface area contributed by atoms with Crippen LogP contribution in [0.2, 0.25) is 5.02 Å². The van der Waals surface area contributed by atoms with Crippen LogP contribution in [0, 0.1) is 5.82 Å². The van der Waals surface area contributed by atoms with Gasteiger partial charge < -0.3 is 15.4 Å². The summed E-state index contributed by atoms with van der Waals surface area (Å²) in [5.41, 5.74) is 4.28. The summed E-state index contributed by atoms with van der Waals surface area (Å²) in [6.07, 6.45) is 0.946. The number of fused-ring (bicyclic) bond motifs is 1. The van der Waals surface area contributed by atoms with E-state index in [0.29, 0.717) is 18.4 Å². The fourth-order valence-electron chi connectivity index (χ4n) is 4.63. The number of hydrogen-bond acceptors (Lipinski definition) is 4. The summed E-state index contributed by atoms with van der Waals surface area (Å²) < 4.78 is 20.3. The molecule has 3 aromatic rings. The Balaban J connectivity index is 1.64. The lowest BCUT2D eigenvalue weighted by molar-refractivity contribution is -0.116. The van der Waals surface area contributed by atoms with Gasteiger partial charge in [0.1, 0.15) is 11.6 Å². The molecule has 1 heterocycles. The van der Waals surface area contributed by atoms with Crippen molar-refractivity contribution in [2.24, 2.45) is 0 Å². The number of benzene rings is 3. The highest BCUT2D eigenvalue weighted by Gasteiger charge is 2.37. The first-order valence-corrected chi connectivity index (χ1v) is 10.9. The molecule has 1 aliphatic heterocycles. The summed E-state index contributed by atoms with van der Waals surface area (Å²) in [7, 11) is 1.63. The molecule has 0 bridgehead atoms. The molecule has 1 aliphatic carbocycles. The number of carbonyl (C=O) groups is 1. The molecule has 0 saturated heterocycles. The Kier molecular flexibility index (Phi) is 5.35. The predicted molar refractivity (Wildman–Crippen MR) is 125 cm³/mol. The van der Waals surface area contributed by atoms with E-state index in [-0.39, 0.29) is 22.3 Å². The largest absolute Gasteiger partial charge is 0.497 e. The van der Waals surface area contributed by atoms with Crippen LogP contribution in [0.4, 0.5) is 15.8 Å². The predicted octanol–water partition coefficient (Wildman–Crippen LogP) is 6.47. The molecule has 0 fully saturated rings. The van der Waals surface area contributed by atoms with Gasteiger partial charge in [0, 0.05) is 28.3 Å². The zero-order chi connectivity index (χ0) is 22.2. The van der Waals surface area contributed by atoms with Gasteiger partial charge in [-0.15, -0.1) is 0 Å². The molecule has 0 spiro atoms. The molecule has 2 N–H and O–H groups in total. The molecule has 0 aromatic heterocycles. The first-order chi connectivity index (χ1) is 15.5. The lowest BCUT2D eigenvalue weighted by Gasteiger charge is -2.30. The summed E-state index contributed by atoms with van der Waals surface area (Å²) in [6, 6.07) is 19.4. The maximum absolute atomic E-state index is 15.0. The van der Waals surface area contributed by atoms with Crippen molar-refractivity contribution in [3.8, 4) is 5.75 Å². The van der Waals surface area contributed by atoms with Gasteiger partial charge in [0.15, 0.2) is 5.78 Å². The normalized spacial score (nSPS) is 19.9. The number of Topliss-reactive ketones (excluding diaryl/α,β-unsaturated/α-hetero) is 1. The van der Waals surface area contributed by atoms with E-state index in [4.69, 9.17) is 16.3 Å². The van der Waals surface area contributed by atoms with Crippen LogP contribution in [0.5, 0.6) is 5.75 Å². The van der Waals surface area contributed by atoms with E-state index in [1.165, 1.54) is 6.07 Å². The smallest absolute Gasteiger partial charge is 0.163 e. The Morgan fingerprint density at radius 2 is 1.78 bits per heavy atom. The van der Waals surface area contributed by atoms with Gasteiger partial charge in [-0.1, -0.05) is 41.9 Å². The molecule has 32 heavy (non-hydrogen) atoms. The number of para-hydroxylation sites is 2. The summed E-state index contributed by atoms with van der Waals surface area (Å²) in [4.78, 5) is 13.5. The minimum Gasteiger partial charge on any atom is -0.497 e. The van der Waals surface area contributed by atoms with Crippen LogP contribution in [0.1, 0.15) is 35.9 Å². The van der Waals surface area contributed by atoms with Gasteiger partial charge >= 0.3 is 0 Å². The number of rotatable bonds is 3. The third-order valence-electron chi connectivity index (χ3n) is 6.16. The molecule has 2 aliphatic rings. The van der Waals surface area contributed by atoms with Gasteiger partial charge in [0.25, 0.3) is 0 Å². The highest BCUT2D eigenvalue weighted by Crippen LogP contribution is 2.46.